The molecule has 1 fully saturated rings. The number of hydrogen-bond acceptors (Lipinski definition) is 6. The molecule has 5 rings (SSSR count). The van der Waals surface area contributed by atoms with Crippen molar-refractivity contribution in [1.82, 2.24) is 15.1 Å². The molecule has 0 unspecified atom stereocenters. The number of aliphatic hydroxyl groups excluding tert-OH is 1. The number of aromatic nitrogens is 2. The summed E-state index contributed by atoms with van der Waals surface area (Å²) in [5.41, 5.74) is 5.88. The van der Waals surface area contributed by atoms with Gasteiger partial charge in [0, 0.05) is 35.9 Å². The third kappa shape index (κ3) is 4.54. The molecule has 7 nitrogen and oxygen atoms in total. The molecule has 7 heteroatoms. The zero-order chi connectivity index (χ0) is 23.7. The summed E-state index contributed by atoms with van der Waals surface area (Å²) in [6.07, 6.45) is 3.59. The molecule has 3 heterocycles. The quantitative estimate of drug-likeness (QED) is 0.408. The highest BCUT2D eigenvalue weighted by Gasteiger charge is 2.28. The van der Waals surface area contributed by atoms with Crippen molar-refractivity contribution in [3.8, 4) is 11.3 Å². The van der Waals surface area contributed by atoms with E-state index >= 15 is 0 Å². The van der Waals surface area contributed by atoms with Gasteiger partial charge in [-0.25, -0.2) is 4.79 Å². The third-order valence-corrected chi connectivity index (χ3v) is 7.18. The minimum atomic E-state index is -0.618. The minimum Gasteiger partial charge on any atom is -0.457 e. The number of piperidine rings is 1. The maximum Gasteiger partial charge on any atom is 0.338 e. The lowest BCUT2D eigenvalue weighted by atomic mass is 9.89. The number of cyclic esters (lactones) is 1. The summed E-state index contributed by atoms with van der Waals surface area (Å²) in [6, 6.07) is 13.2. The van der Waals surface area contributed by atoms with Gasteiger partial charge in [-0.15, -0.1) is 0 Å². The van der Waals surface area contributed by atoms with Crippen molar-refractivity contribution in [1.29, 1.82) is 0 Å². The summed E-state index contributed by atoms with van der Waals surface area (Å²) in [5.74, 6) is 0.249. The number of fused-ring (bicyclic) bond motifs is 1. The Labute approximate surface area is 198 Å². The molecule has 1 saturated heterocycles. The van der Waals surface area contributed by atoms with Crippen molar-refractivity contribution in [2.45, 2.75) is 38.9 Å². The van der Waals surface area contributed by atoms with Gasteiger partial charge in [0.15, 0.2) is 5.78 Å². The molecule has 0 aliphatic carbocycles. The number of aromatic amines is 1. The number of rotatable bonds is 7. The first-order valence-corrected chi connectivity index (χ1v) is 11.8. The molecule has 0 radical (unpaired) electrons. The summed E-state index contributed by atoms with van der Waals surface area (Å²) in [7, 11) is 0. The molecule has 2 aliphatic rings. The molecular weight excluding hydrogens is 430 g/mol. The Morgan fingerprint density at radius 2 is 1.94 bits per heavy atom. The second kappa shape index (κ2) is 9.52. The number of β-amino-alcohol motifs (C(OH)–C–C–N with tert-alkyl or cyclic N) is 1. The van der Waals surface area contributed by atoms with E-state index in [9.17, 15) is 14.7 Å². The van der Waals surface area contributed by atoms with E-state index in [1.165, 1.54) is 0 Å². The van der Waals surface area contributed by atoms with E-state index < -0.39 is 6.10 Å². The number of aliphatic hydroxyl groups is 1. The predicted octanol–water partition coefficient (Wildman–Crippen LogP) is 4.07. The van der Waals surface area contributed by atoms with Crippen molar-refractivity contribution >= 4 is 11.8 Å². The van der Waals surface area contributed by atoms with Crippen molar-refractivity contribution in [2.24, 2.45) is 5.92 Å². The number of ketones is 1. The summed E-state index contributed by atoms with van der Waals surface area (Å²) in [5, 5.41) is 17.9. The topological polar surface area (TPSA) is 95.5 Å². The highest BCUT2D eigenvalue weighted by atomic mass is 16.5. The zero-order valence-electron chi connectivity index (χ0n) is 19.3. The Kier molecular flexibility index (Phi) is 6.30. The van der Waals surface area contributed by atoms with Crippen LogP contribution in [-0.2, 0) is 11.3 Å². The second-order valence-electron chi connectivity index (χ2n) is 9.31. The molecule has 3 aromatic rings. The van der Waals surface area contributed by atoms with E-state index in [4.69, 9.17) is 4.74 Å². The standard InChI is InChI=1S/C27H29N3O4/c1-17-21(6-7-22-23(17)16-34-27(22)33)26(32)15-30-12-9-18(10-13-30)14-25(31)20-4-2-19(3-5-20)24-8-11-28-29-24/h2-8,11,18,26,32H,9-10,12-16H2,1H3,(H,28,29)/t26-/m0/s1. The molecule has 0 saturated carbocycles. The fourth-order valence-corrected chi connectivity index (χ4v) is 5.07. The lowest BCUT2D eigenvalue weighted by Gasteiger charge is -2.33. The molecule has 2 N–H and O–H groups in total. The van der Waals surface area contributed by atoms with Gasteiger partial charge >= 0.3 is 5.97 Å². The zero-order valence-corrected chi connectivity index (χ0v) is 19.3. The Bertz CT molecular complexity index is 1180. The first-order valence-electron chi connectivity index (χ1n) is 11.8. The average Bonchev–Trinajstić information content (AvgIpc) is 3.51. The number of carbonyl (C=O) groups excluding carboxylic acids is 2. The van der Waals surface area contributed by atoms with Crippen LogP contribution in [-0.4, -0.2) is 51.6 Å². The normalized spacial score (nSPS) is 17.4. The first kappa shape index (κ1) is 22.5. The van der Waals surface area contributed by atoms with Crippen LogP contribution in [0.15, 0.2) is 48.7 Å². The monoisotopic (exact) mass is 459 g/mol. The van der Waals surface area contributed by atoms with Gasteiger partial charge in [-0.2, -0.15) is 5.10 Å². The van der Waals surface area contributed by atoms with Crippen LogP contribution in [0.1, 0.15) is 62.8 Å². The second-order valence-corrected chi connectivity index (χ2v) is 9.31. The van der Waals surface area contributed by atoms with Crippen molar-refractivity contribution in [2.75, 3.05) is 19.6 Å². The number of H-pyrrole nitrogens is 1. The maximum absolute atomic E-state index is 12.8. The molecule has 34 heavy (non-hydrogen) atoms. The first-order chi connectivity index (χ1) is 16.5. The van der Waals surface area contributed by atoms with Crippen LogP contribution in [0.2, 0.25) is 0 Å². The molecule has 0 spiro atoms. The van der Waals surface area contributed by atoms with Gasteiger partial charge in [0.05, 0.1) is 17.4 Å². The Balaban J connectivity index is 1.13. The summed E-state index contributed by atoms with van der Waals surface area (Å²) in [4.78, 5) is 26.8. The molecule has 0 amide bonds. The maximum atomic E-state index is 12.8. The number of benzene rings is 2. The molecule has 1 atom stereocenters. The molecule has 176 valence electrons. The largest absolute Gasteiger partial charge is 0.457 e. The Morgan fingerprint density at radius 3 is 2.65 bits per heavy atom. The summed E-state index contributed by atoms with van der Waals surface area (Å²) < 4.78 is 5.12. The van der Waals surface area contributed by atoms with Crippen LogP contribution < -0.4 is 0 Å². The van der Waals surface area contributed by atoms with Crippen molar-refractivity contribution in [3.05, 3.63) is 76.5 Å². The van der Waals surface area contributed by atoms with Gasteiger partial charge in [0.1, 0.15) is 6.61 Å². The lowest BCUT2D eigenvalue weighted by Crippen LogP contribution is -2.37. The van der Waals surface area contributed by atoms with Crippen molar-refractivity contribution < 1.29 is 19.4 Å². The minimum absolute atomic E-state index is 0.178. The SMILES string of the molecule is Cc1c([C@@H](O)CN2CCC(CC(=O)c3ccc(-c4cc[nH]n4)cc3)CC2)ccc2c1COC2=O. The van der Waals surface area contributed by atoms with Gasteiger partial charge in [0.2, 0.25) is 0 Å². The van der Waals surface area contributed by atoms with Crippen molar-refractivity contribution in [3.63, 3.8) is 0 Å². The van der Waals surface area contributed by atoms with Crippen LogP contribution >= 0.6 is 0 Å². The number of nitrogens with zero attached hydrogens (tertiary/aromatic N) is 2. The summed E-state index contributed by atoms with van der Waals surface area (Å²) in [6.45, 7) is 4.49. The van der Waals surface area contributed by atoms with Crippen LogP contribution in [0.3, 0.4) is 0 Å². The highest BCUT2D eigenvalue weighted by Crippen LogP contribution is 2.30. The van der Waals surface area contributed by atoms with Gasteiger partial charge in [-0.05, 0) is 62.0 Å². The number of Topliss-reactive ketones (excluding diaryl/α,β-unsaturated/α-hetero) is 1. The fourth-order valence-electron chi connectivity index (χ4n) is 5.07. The molecule has 0 bridgehead atoms. The highest BCUT2D eigenvalue weighted by molar-refractivity contribution is 5.96. The number of carbonyl (C=O) groups is 2. The van der Waals surface area contributed by atoms with E-state index in [2.05, 4.69) is 15.1 Å². The summed E-state index contributed by atoms with van der Waals surface area (Å²) >= 11 is 0. The third-order valence-electron chi connectivity index (χ3n) is 7.18. The van der Waals surface area contributed by atoms with E-state index in [-0.39, 0.29) is 18.4 Å². The molecule has 2 aliphatic heterocycles. The van der Waals surface area contributed by atoms with Gasteiger partial charge in [-0.3, -0.25) is 9.89 Å². The number of likely N-dealkylation sites (tertiary alicyclic amines) is 1. The molecule has 1 aromatic heterocycles. The van der Waals surface area contributed by atoms with Crippen LogP contribution in [0.25, 0.3) is 11.3 Å². The Hall–Kier alpha value is -3.29. The van der Waals surface area contributed by atoms with Gasteiger partial charge in [-0.1, -0.05) is 30.3 Å². The average molecular weight is 460 g/mol. The Morgan fingerprint density at radius 1 is 1.18 bits per heavy atom. The number of nitrogens with one attached hydrogen (secondary N) is 1. The van der Waals surface area contributed by atoms with E-state index in [1.807, 2.05) is 43.3 Å². The number of ether oxygens (including phenoxy) is 1. The fraction of sp³-hybridized carbons (Fsp3) is 0.370. The van der Waals surface area contributed by atoms with Gasteiger partial charge < -0.3 is 14.7 Å². The smallest absolute Gasteiger partial charge is 0.338 e. The van der Waals surface area contributed by atoms with E-state index in [0.717, 1.165) is 59.4 Å². The number of esters is 1. The van der Waals surface area contributed by atoms with Crippen LogP contribution in [0.4, 0.5) is 0 Å². The van der Waals surface area contributed by atoms with Crippen LogP contribution in [0.5, 0.6) is 0 Å². The van der Waals surface area contributed by atoms with E-state index in [0.29, 0.717) is 24.4 Å². The predicted molar refractivity (Wildman–Crippen MR) is 127 cm³/mol. The molecular formula is C27H29N3O4. The molecule has 2 aromatic carbocycles. The van der Waals surface area contributed by atoms with Gasteiger partial charge in [0.25, 0.3) is 0 Å². The number of hydrogen-bond donors (Lipinski definition) is 2. The van der Waals surface area contributed by atoms with Crippen LogP contribution in [0, 0.1) is 12.8 Å². The lowest BCUT2D eigenvalue weighted by molar-refractivity contribution is 0.0534. The van der Waals surface area contributed by atoms with E-state index in [1.54, 1.807) is 12.3 Å².